The average molecular weight is 255 g/mol. The van der Waals surface area contributed by atoms with E-state index < -0.39 is 0 Å². The van der Waals surface area contributed by atoms with Gasteiger partial charge in [-0.1, -0.05) is 29.8 Å². The molecule has 0 radical (unpaired) electrons. The first-order valence-electron chi connectivity index (χ1n) is 5.05. The summed E-state index contributed by atoms with van der Waals surface area (Å²) in [6.45, 7) is 2.08. The van der Waals surface area contributed by atoms with Crippen LogP contribution in [0.1, 0.15) is 24.2 Å². The maximum Gasteiger partial charge on any atom is 0.0954 e. The smallest absolute Gasteiger partial charge is 0.0954 e. The highest BCUT2D eigenvalue weighted by Crippen LogP contribution is 2.26. The van der Waals surface area contributed by atoms with Gasteiger partial charge in [0.05, 0.1) is 23.9 Å². The maximum atomic E-state index is 6.16. The van der Waals surface area contributed by atoms with Gasteiger partial charge in [-0.2, -0.15) is 0 Å². The van der Waals surface area contributed by atoms with Gasteiger partial charge < -0.3 is 4.57 Å². The summed E-state index contributed by atoms with van der Waals surface area (Å²) in [5, 5.41) is 0.768. The topological polar surface area (TPSA) is 17.8 Å². The molecule has 0 spiro atoms. The van der Waals surface area contributed by atoms with Crippen LogP contribution in [0.4, 0.5) is 0 Å². The number of imidazole rings is 1. The predicted molar refractivity (Wildman–Crippen MR) is 67.0 cm³/mol. The molecule has 0 saturated carbocycles. The first-order valence-corrected chi connectivity index (χ1v) is 5.96. The van der Waals surface area contributed by atoms with Gasteiger partial charge >= 0.3 is 0 Å². The predicted octanol–water partition coefficient (Wildman–Crippen LogP) is 3.88. The van der Waals surface area contributed by atoms with Gasteiger partial charge in [-0.05, 0) is 18.6 Å². The second-order valence-corrected chi connectivity index (χ2v) is 4.30. The van der Waals surface area contributed by atoms with Gasteiger partial charge in [-0.15, -0.1) is 11.6 Å². The minimum absolute atomic E-state index is 0.143. The highest BCUT2D eigenvalue weighted by atomic mass is 35.5. The van der Waals surface area contributed by atoms with Crippen LogP contribution in [0.3, 0.4) is 0 Å². The van der Waals surface area contributed by atoms with Gasteiger partial charge in [-0.25, -0.2) is 4.98 Å². The summed E-state index contributed by atoms with van der Waals surface area (Å²) in [7, 11) is 0. The largest absolute Gasteiger partial charge is 0.326 e. The number of alkyl halides is 1. The van der Waals surface area contributed by atoms with Crippen molar-refractivity contribution in [3.8, 4) is 0 Å². The first kappa shape index (κ1) is 11.5. The SMILES string of the molecule is CC(c1ccccc1Cl)n1cncc1CCl. The Labute approximate surface area is 105 Å². The quantitative estimate of drug-likeness (QED) is 0.761. The highest BCUT2D eigenvalue weighted by Gasteiger charge is 2.13. The van der Waals surface area contributed by atoms with E-state index in [0.717, 1.165) is 16.3 Å². The fraction of sp³-hybridized carbons (Fsp3) is 0.250. The molecule has 1 aromatic carbocycles. The molecule has 2 nitrogen and oxygen atoms in total. The summed E-state index contributed by atoms with van der Waals surface area (Å²) in [5.74, 6) is 0.453. The van der Waals surface area contributed by atoms with Gasteiger partial charge in [0.1, 0.15) is 0 Å². The molecule has 84 valence electrons. The number of hydrogen-bond acceptors (Lipinski definition) is 1. The third-order valence-electron chi connectivity index (χ3n) is 2.66. The lowest BCUT2D eigenvalue weighted by Crippen LogP contribution is -2.08. The molecule has 1 aromatic heterocycles. The van der Waals surface area contributed by atoms with Crippen molar-refractivity contribution in [3.05, 3.63) is 53.1 Å². The Morgan fingerprint density at radius 2 is 2.12 bits per heavy atom. The Bertz CT molecular complexity index is 479. The van der Waals surface area contributed by atoms with Crippen molar-refractivity contribution in [2.45, 2.75) is 18.8 Å². The van der Waals surface area contributed by atoms with Crippen LogP contribution in [0, 0.1) is 0 Å². The summed E-state index contributed by atoms with van der Waals surface area (Å²) in [6, 6.07) is 7.96. The third kappa shape index (κ3) is 2.08. The van der Waals surface area contributed by atoms with Crippen molar-refractivity contribution in [2.75, 3.05) is 0 Å². The first-order chi connectivity index (χ1) is 7.74. The maximum absolute atomic E-state index is 6.16. The van der Waals surface area contributed by atoms with Crippen LogP contribution in [0.15, 0.2) is 36.8 Å². The summed E-state index contributed by atoms with van der Waals surface area (Å²) in [5.41, 5.74) is 2.07. The Balaban J connectivity index is 2.39. The zero-order valence-electron chi connectivity index (χ0n) is 8.90. The molecule has 0 bridgehead atoms. The molecule has 0 aliphatic carbocycles. The molecule has 2 aromatic rings. The van der Waals surface area contributed by atoms with E-state index in [-0.39, 0.29) is 6.04 Å². The molecule has 4 heteroatoms. The molecule has 0 fully saturated rings. The van der Waals surface area contributed by atoms with Gasteiger partial charge in [0.15, 0.2) is 0 Å². The van der Waals surface area contributed by atoms with Crippen molar-refractivity contribution in [3.63, 3.8) is 0 Å². The van der Waals surface area contributed by atoms with E-state index >= 15 is 0 Å². The minimum Gasteiger partial charge on any atom is -0.326 e. The van der Waals surface area contributed by atoms with E-state index in [1.54, 1.807) is 12.5 Å². The van der Waals surface area contributed by atoms with Gasteiger partial charge in [-0.3, -0.25) is 0 Å². The molecular formula is C12H12Cl2N2. The molecule has 0 N–H and O–H groups in total. The van der Waals surface area contributed by atoms with Gasteiger partial charge in [0, 0.05) is 11.2 Å². The lowest BCUT2D eigenvalue weighted by molar-refractivity contribution is 0.620. The number of rotatable bonds is 3. The molecule has 2 rings (SSSR count). The number of aromatic nitrogens is 2. The van der Waals surface area contributed by atoms with Crippen molar-refractivity contribution in [2.24, 2.45) is 0 Å². The minimum atomic E-state index is 0.143. The average Bonchev–Trinajstić information content (AvgIpc) is 2.77. The van der Waals surface area contributed by atoms with Gasteiger partial charge in [0.2, 0.25) is 0 Å². The number of halogens is 2. The van der Waals surface area contributed by atoms with Gasteiger partial charge in [0.25, 0.3) is 0 Å². The fourth-order valence-electron chi connectivity index (χ4n) is 1.75. The van der Waals surface area contributed by atoms with Crippen LogP contribution in [0.5, 0.6) is 0 Å². The molecular weight excluding hydrogens is 243 g/mol. The normalized spacial score (nSPS) is 12.7. The second-order valence-electron chi connectivity index (χ2n) is 3.62. The van der Waals surface area contributed by atoms with E-state index in [2.05, 4.69) is 11.9 Å². The summed E-state index contributed by atoms with van der Waals surface area (Å²) in [6.07, 6.45) is 3.56. The van der Waals surface area contributed by atoms with Crippen molar-refractivity contribution < 1.29 is 0 Å². The molecule has 0 aliphatic rings. The molecule has 16 heavy (non-hydrogen) atoms. The van der Waals surface area contributed by atoms with E-state index in [1.807, 2.05) is 28.8 Å². The number of hydrogen-bond donors (Lipinski definition) is 0. The Hall–Kier alpha value is -0.990. The van der Waals surface area contributed by atoms with Crippen LogP contribution in [-0.2, 0) is 5.88 Å². The molecule has 1 atom stereocenters. The Morgan fingerprint density at radius 1 is 1.38 bits per heavy atom. The van der Waals surface area contributed by atoms with Crippen molar-refractivity contribution in [1.82, 2.24) is 9.55 Å². The number of nitrogens with zero attached hydrogens (tertiary/aromatic N) is 2. The highest BCUT2D eigenvalue weighted by molar-refractivity contribution is 6.31. The fourth-order valence-corrected chi connectivity index (χ4v) is 2.25. The molecule has 0 aliphatic heterocycles. The van der Waals surface area contributed by atoms with Crippen LogP contribution in [0.2, 0.25) is 5.02 Å². The van der Waals surface area contributed by atoms with Crippen LogP contribution < -0.4 is 0 Å². The van der Waals surface area contributed by atoms with Crippen LogP contribution in [-0.4, -0.2) is 9.55 Å². The van der Waals surface area contributed by atoms with E-state index in [4.69, 9.17) is 23.2 Å². The van der Waals surface area contributed by atoms with E-state index in [9.17, 15) is 0 Å². The monoisotopic (exact) mass is 254 g/mol. The van der Waals surface area contributed by atoms with Crippen molar-refractivity contribution >= 4 is 23.2 Å². The van der Waals surface area contributed by atoms with E-state index in [0.29, 0.717) is 5.88 Å². The lowest BCUT2D eigenvalue weighted by Gasteiger charge is -2.17. The zero-order chi connectivity index (χ0) is 11.5. The van der Waals surface area contributed by atoms with Crippen LogP contribution in [0.25, 0.3) is 0 Å². The van der Waals surface area contributed by atoms with Crippen molar-refractivity contribution in [1.29, 1.82) is 0 Å². The lowest BCUT2D eigenvalue weighted by atomic mass is 10.1. The number of benzene rings is 1. The Kier molecular flexibility index (Phi) is 3.52. The third-order valence-corrected chi connectivity index (χ3v) is 3.27. The molecule has 1 heterocycles. The summed E-state index contributed by atoms with van der Waals surface area (Å²) in [4.78, 5) is 4.10. The zero-order valence-corrected chi connectivity index (χ0v) is 10.4. The van der Waals surface area contributed by atoms with E-state index in [1.165, 1.54) is 0 Å². The molecule has 1 unspecified atom stereocenters. The molecule has 0 saturated heterocycles. The summed E-state index contributed by atoms with van der Waals surface area (Å²) < 4.78 is 2.04. The Morgan fingerprint density at radius 3 is 2.81 bits per heavy atom. The second kappa shape index (κ2) is 4.89. The summed E-state index contributed by atoms with van der Waals surface area (Å²) >= 11 is 12.0. The standard InChI is InChI=1S/C12H12Cl2N2/c1-9(11-4-2-3-5-12(11)14)16-8-15-7-10(16)6-13/h2-5,7-9H,6H2,1H3. The van der Waals surface area contributed by atoms with Crippen LogP contribution >= 0.6 is 23.2 Å². The molecule has 0 amide bonds.